The Hall–Kier alpha value is -2.60. The summed E-state index contributed by atoms with van der Waals surface area (Å²) in [5.41, 5.74) is 5.42. The normalized spacial score (nSPS) is 14.3. The zero-order chi connectivity index (χ0) is 13.5. The maximum atomic E-state index is 8.95. The van der Waals surface area contributed by atoms with Gasteiger partial charge in [-0.1, -0.05) is 24.3 Å². The van der Waals surface area contributed by atoms with Gasteiger partial charge in [0.25, 0.3) is 0 Å². The highest BCUT2D eigenvalue weighted by molar-refractivity contribution is 5.76. The Morgan fingerprint density at radius 2 is 1.85 bits per heavy atom. The molecule has 1 N–H and O–H groups in total. The van der Waals surface area contributed by atoms with E-state index >= 15 is 0 Å². The molecule has 0 bridgehead atoms. The number of hydrogen-bond acceptors (Lipinski definition) is 2. The molecule has 1 aliphatic rings. The molecule has 3 nitrogen and oxygen atoms in total. The smallest absolute Gasteiger partial charge is 0.111 e. The number of rotatable bonds is 1. The van der Waals surface area contributed by atoms with Crippen molar-refractivity contribution < 1.29 is 0 Å². The highest BCUT2D eigenvalue weighted by atomic mass is 14.9. The maximum Gasteiger partial charge on any atom is 0.111 e. The molecule has 0 fully saturated rings. The van der Waals surface area contributed by atoms with E-state index in [2.05, 4.69) is 40.3 Å². The number of nitrogens with zero attached hydrogens (tertiary/aromatic N) is 2. The van der Waals surface area contributed by atoms with Gasteiger partial charge in [0.05, 0.1) is 22.7 Å². The van der Waals surface area contributed by atoms with Gasteiger partial charge in [0, 0.05) is 5.92 Å². The van der Waals surface area contributed by atoms with Crippen LogP contribution in [0.2, 0.25) is 0 Å². The number of nitriles is 1. The average molecular weight is 259 g/mol. The monoisotopic (exact) mass is 259 g/mol. The average Bonchev–Trinajstić information content (AvgIpc) is 3.09. The van der Waals surface area contributed by atoms with E-state index in [1.54, 1.807) is 0 Å². The van der Waals surface area contributed by atoms with Crippen LogP contribution in [0.15, 0.2) is 42.5 Å². The first-order valence-electron chi connectivity index (χ1n) is 6.80. The molecule has 0 saturated carbocycles. The number of aromatic amines is 1. The van der Waals surface area contributed by atoms with Crippen molar-refractivity contribution in [2.45, 2.75) is 18.8 Å². The minimum Gasteiger partial charge on any atom is -0.342 e. The van der Waals surface area contributed by atoms with Crippen LogP contribution >= 0.6 is 0 Å². The van der Waals surface area contributed by atoms with Crippen molar-refractivity contribution in [1.29, 1.82) is 5.26 Å². The zero-order valence-electron chi connectivity index (χ0n) is 10.9. The highest BCUT2D eigenvalue weighted by Crippen LogP contribution is 2.33. The van der Waals surface area contributed by atoms with Crippen molar-refractivity contribution in [1.82, 2.24) is 9.97 Å². The summed E-state index contributed by atoms with van der Waals surface area (Å²) in [7, 11) is 0. The van der Waals surface area contributed by atoms with Crippen LogP contribution in [0.1, 0.15) is 28.4 Å². The van der Waals surface area contributed by atoms with Crippen LogP contribution in [0.4, 0.5) is 0 Å². The molecule has 3 aromatic rings. The number of fused-ring (bicyclic) bond motifs is 2. The molecule has 0 unspecified atom stereocenters. The summed E-state index contributed by atoms with van der Waals surface area (Å²) in [5, 5.41) is 8.95. The fourth-order valence-electron chi connectivity index (χ4n) is 3.04. The summed E-state index contributed by atoms with van der Waals surface area (Å²) in [5.74, 6) is 1.46. The Kier molecular flexibility index (Phi) is 2.37. The van der Waals surface area contributed by atoms with E-state index in [4.69, 9.17) is 5.26 Å². The first kappa shape index (κ1) is 11.2. The molecular weight excluding hydrogens is 246 g/mol. The standard InChI is InChI=1S/C17H13N3/c18-10-11-5-6-15-16(7-11)20-17(19-15)14-8-12-3-1-2-4-13(12)9-14/h1-7,14H,8-9H2,(H,19,20). The van der Waals surface area contributed by atoms with Gasteiger partial charge in [0.2, 0.25) is 0 Å². The lowest BCUT2D eigenvalue weighted by Crippen LogP contribution is -1.99. The van der Waals surface area contributed by atoms with Crippen LogP contribution in [0, 0.1) is 11.3 Å². The second-order valence-electron chi connectivity index (χ2n) is 5.34. The maximum absolute atomic E-state index is 8.95. The molecule has 20 heavy (non-hydrogen) atoms. The van der Waals surface area contributed by atoms with Crippen LogP contribution in [-0.4, -0.2) is 9.97 Å². The molecule has 0 saturated heterocycles. The first-order chi connectivity index (χ1) is 9.83. The number of hydrogen-bond donors (Lipinski definition) is 1. The van der Waals surface area contributed by atoms with E-state index in [0.717, 1.165) is 29.7 Å². The van der Waals surface area contributed by atoms with Gasteiger partial charge in [0.1, 0.15) is 5.82 Å². The van der Waals surface area contributed by atoms with Crippen LogP contribution in [0.25, 0.3) is 11.0 Å². The summed E-state index contributed by atoms with van der Waals surface area (Å²) in [6.07, 6.45) is 2.09. The van der Waals surface area contributed by atoms with Crippen LogP contribution in [0.3, 0.4) is 0 Å². The molecule has 4 rings (SSSR count). The van der Waals surface area contributed by atoms with Gasteiger partial charge in [0.15, 0.2) is 0 Å². The quantitative estimate of drug-likeness (QED) is 0.728. The minimum atomic E-state index is 0.422. The van der Waals surface area contributed by atoms with E-state index in [-0.39, 0.29) is 0 Å². The van der Waals surface area contributed by atoms with E-state index in [9.17, 15) is 0 Å². The summed E-state index contributed by atoms with van der Waals surface area (Å²) in [6.45, 7) is 0. The Bertz CT molecular complexity index is 814. The Morgan fingerprint density at radius 3 is 2.55 bits per heavy atom. The van der Waals surface area contributed by atoms with E-state index in [1.807, 2.05) is 18.2 Å². The molecule has 2 aromatic carbocycles. The Labute approximate surface area is 116 Å². The van der Waals surface area contributed by atoms with Crippen molar-refractivity contribution in [3.63, 3.8) is 0 Å². The molecule has 1 aromatic heterocycles. The van der Waals surface area contributed by atoms with E-state index in [1.165, 1.54) is 11.1 Å². The molecule has 1 heterocycles. The fraction of sp³-hybridized carbons (Fsp3) is 0.176. The second-order valence-corrected chi connectivity index (χ2v) is 5.34. The molecule has 3 heteroatoms. The minimum absolute atomic E-state index is 0.422. The molecule has 0 amide bonds. The molecule has 0 spiro atoms. The number of H-pyrrole nitrogens is 1. The summed E-state index contributed by atoms with van der Waals surface area (Å²) < 4.78 is 0. The van der Waals surface area contributed by atoms with Crippen molar-refractivity contribution >= 4 is 11.0 Å². The third kappa shape index (κ3) is 1.70. The highest BCUT2D eigenvalue weighted by Gasteiger charge is 2.24. The number of aromatic nitrogens is 2. The molecule has 0 radical (unpaired) electrons. The van der Waals surface area contributed by atoms with Crippen molar-refractivity contribution in [3.8, 4) is 6.07 Å². The Morgan fingerprint density at radius 1 is 1.10 bits per heavy atom. The largest absolute Gasteiger partial charge is 0.342 e. The van der Waals surface area contributed by atoms with Crippen LogP contribution < -0.4 is 0 Å². The molecule has 96 valence electrons. The van der Waals surface area contributed by atoms with Crippen LogP contribution in [-0.2, 0) is 12.8 Å². The first-order valence-corrected chi connectivity index (χ1v) is 6.80. The van der Waals surface area contributed by atoms with Gasteiger partial charge in [-0.3, -0.25) is 0 Å². The molecular formula is C17H13N3. The van der Waals surface area contributed by atoms with Crippen LogP contribution in [0.5, 0.6) is 0 Å². The van der Waals surface area contributed by atoms with Gasteiger partial charge in [-0.15, -0.1) is 0 Å². The number of imidazole rings is 1. The van der Waals surface area contributed by atoms with Gasteiger partial charge >= 0.3 is 0 Å². The lowest BCUT2D eigenvalue weighted by molar-refractivity contribution is 0.697. The van der Waals surface area contributed by atoms with Crippen molar-refractivity contribution in [3.05, 3.63) is 65.0 Å². The second kappa shape index (κ2) is 4.21. The topological polar surface area (TPSA) is 52.5 Å². The van der Waals surface area contributed by atoms with Gasteiger partial charge < -0.3 is 4.98 Å². The van der Waals surface area contributed by atoms with E-state index < -0.39 is 0 Å². The Balaban J connectivity index is 1.72. The molecule has 1 aliphatic carbocycles. The van der Waals surface area contributed by atoms with Gasteiger partial charge in [-0.2, -0.15) is 5.26 Å². The summed E-state index contributed by atoms with van der Waals surface area (Å²) in [4.78, 5) is 8.07. The van der Waals surface area contributed by atoms with Gasteiger partial charge in [-0.25, -0.2) is 4.98 Å². The van der Waals surface area contributed by atoms with Crippen molar-refractivity contribution in [2.24, 2.45) is 0 Å². The molecule has 0 aliphatic heterocycles. The number of nitrogens with one attached hydrogen (secondary N) is 1. The van der Waals surface area contributed by atoms with Gasteiger partial charge in [-0.05, 0) is 42.2 Å². The third-order valence-corrected chi connectivity index (χ3v) is 4.07. The fourth-order valence-corrected chi connectivity index (χ4v) is 3.04. The SMILES string of the molecule is N#Cc1ccc2nc(C3Cc4ccccc4C3)[nH]c2c1. The summed E-state index contributed by atoms with van der Waals surface area (Å²) >= 11 is 0. The lowest BCUT2D eigenvalue weighted by Gasteiger charge is -2.03. The third-order valence-electron chi connectivity index (χ3n) is 4.07. The predicted octanol–water partition coefficient (Wildman–Crippen LogP) is 3.32. The summed E-state index contributed by atoms with van der Waals surface area (Å²) in [6, 6.07) is 16.4. The number of benzene rings is 2. The molecule has 0 atom stereocenters. The zero-order valence-corrected chi connectivity index (χ0v) is 10.9. The van der Waals surface area contributed by atoms with Crippen molar-refractivity contribution in [2.75, 3.05) is 0 Å². The predicted molar refractivity (Wildman–Crippen MR) is 77.4 cm³/mol. The van der Waals surface area contributed by atoms with E-state index in [0.29, 0.717) is 11.5 Å². The lowest BCUT2D eigenvalue weighted by atomic mass is 10.1.